The van der Waals surface area contributed by atoms with E-state index in [1.165, 1.54) is 36.6 Å². The summed E-state index contributed by atoms with van der Waals surface area (Å²) >= 11 is 1.87. The van der Waals surface area contributed by atoms with Gasteiger partial charge in [-0.25, -0.2) is 4.98 Å². The number of hydrogen-bond donors (Lipinski definition) is 1. The van der Waals surface area contributed by atoms with Gasteiger partial charge in [0.15, 0.2) is 0 Å². The number of aromatic nitrogens is 1. The first kappa shape index (κ1) is 10.7. The van der Waals surface area contributed by atoms with Crippen LogP contribution in [0.25, 0.3) is 0 Å². The third-order valence-electron chi connectivity index (χ3n) is 3.76. The van der Waals surface area contributed by atoms with Crippen LogP contribution in [0.1, 0.15) is 35.4 Å². The Labute approximate surface area is 101 Å². The molecule has 1 aromatic heterocycles. The molecule has 0 spiro atoms. The molecule has 2 fully saturated rings. The maximum absolute atomic E-state index is 4.86. The molecule has 0 amide bonds. The summed E-state index contributed by atoms with van der Waals surface area (Å²) in [5, 5.41) is 7.06. The van der Waals surface area contributed by atoms with Gasteiger partial charge in [0.25, 0.3) is 0 Å². The van der Waals surface area contributed by atoms with Crippen molar-refractivity contribution in [2.75, 3.05) is 33.2 Å². The maximum Gasteiger partial charge on any atom is 0.0972 e. The van der Waals surface area contributed by atoms with Crippen molar-refractivity contribution in [1.29, 1.82) is 0 Å². The lowest BCUT2D eigenvalue weighted by Crippen LogP contribution is -2.13. The smallest absolute Gasteiger partial charge is 0.0972 e. The Hall–Kier alpha value is -0.450. The van der Waals surface area contributed by atoms with Crippen molar-refractivity contribution in [3.63, 3.8) is 0 Å². The van der Waals surface area contributed by atoms with Crippen molar-refractivity contribution in [2.24, 2.45) is 0 Å². The predicted molar refractivity (Wildman–Crippen MR) is 67.2 cm³/mol. The van der Waals surface area contributed by atoms with Crippen LogP contribution in [0.3, 0.4) is 0 Å². The Morgan fingerprint density at radius 1 is 1.44 bits per heavy atom. The van der Waals surface area contributed by atoms with Gasteiger partial charge in [0.1, 0.15) is 0 Å². The van der Waals surface area contributed by atoms with E-state index in [2.05, 4.69) is 22.6 Å². The predicted octanol–water partition coefficient (Wildman–Crippen LogP) is 1.64. The normalized spacial score (nSPS) is 31.3. The van der Waals surface area contributed by atoms with E-state index in [4.69, 9.17) is 4.98 Å². The van der Waals surface area contributed by atoms with Crippen LogP contribution in [0.5, 0.6) is 0 Å². The Morgan fingerprint density at radius 2 is 2.38 bits per heavy atom. The molecule has 1 aromatic rings. The Morgan fingerprint density at radius 3 is 3.06 bits per heavy atom. The molecule has 2 aliphatic rings. The van der Waals surface area contributed by atoms with Crippen molar-refractivity contribution in [3.8, 4) is 0 Å². The average molecular weight is 237 g/mol. The molecule has 0 aliphatic carbocycles. The molecule has 3 heterocycles. The molecule has 0 bridgehead atoms. The van der Waals surface area contributed by atoms with E-state index < -0.39 is 0 Å². The molecule has 2 saturated heterocycles. The highest BCUT2D eigenvalue weighted by atomic mass is 32.1. The number of likely N-dealkylation sites (N-methyl/N-ethyl adjacent to an activating group) is 1. The van der Waals surface area contributed by atoms with Crippen LogP contribution in [0.4, 0.5) is 0 Å². The molecule has 3 nitrogen and oxygen atoms in total. The summed E-state index contributed by atoms with van der Waals surface area (Å²) in [4.78, 5) is 7.26. The van der Waals surface area contributed by atoms with E-state index in [-0.39, 0.29) is 0 Å². The average Bonchev–Trinajstić information content (AvgIpc) is 2.97. The number of nitrogens with zero attached hydrogens (tertiary/aromatic N) is 2. The lowest BCUT2D eigenvalue weighted by molar-refractivity contribution is 0.411. The number of nitrogens with one attached hydrogen (secondary N) is 1. The molecule has 88 valence electrons. The lowest BCUT2D eigenvalue weighted by atomic mass is 10.1. The summed E-state index contributed by atoms with van der Waals surface area (Å²) in [7, 11) is 2.20. The van der Waals surface area contributed by atoms with Crippen molar-refractivity contribution in [2.45, 2.75) is 24.7 Å². The molecule has 2 atom stereocenters. The molecule has 2 aliphatic heterocycles. The molecular weight excluding hydrogens is 218 g/mol. The van der Waals surface area contributed by atoms with Gasteiger partial charge in [-0.2, -0.15) is 0 Å². The van der Waals surface area contributed by atoms with Gasteiger partial charge in [0, 0.05) is 30.3 Å². The second-order valence-corrected chi connectivity index (χ2v) is 5.94. The molecular formula is C12H19N3S. The fourth-order valence-corrected chi connectivity index (χ4v) is 3.76. The van der Waals surface area contributed by atoms with Gasteiger partial charge in [-0.1, -0.05) is 0 Å². The Balaban J connectivity index is 1.72. The maximum atomic E-state index is 4.86. The van der Waals surface area contributed by atoms with Crippen LogP contribution in [-0.2, 0) is 0 Å². The van der Waals surface area contributed by atoms with E-state index in [1.54, 1.807) is 0 Å². The zero-order chi connectivity index (χ0) is 11.0. The zero-order valence-corrected chi connectivity index (χ0v) is 10.6. The topological polar surface area (TPSA) is 28.2 Å². The van der Waals surface area contributed by atoms with Crippen LogP contribution < -0.4 is 5.32 Å². The second-order valence-electron chi connectivity index (χ2n) is 5.05. The highest BCUT2D eigenvalue weighted by molar-refractivity contribution is 7.09. The molecule has 0 aromatic carbocycles. The molecule has 4 heteroatoms. The van der Waals surface area contributed by atoms with E-state index in [9.17, 15) is 0 Å². The molecule has 0 radical (unpaired) electrons. The molecule has 16 heavy (non-hydrogen) atoms. The van der Waals surface area contributed by atoms with Gasteiger partial charge < -0.3 is 10.2 Å². The van der Waals surface area contributed by atoms with E-state index in [1.807, 2.05) is 11.3 Å². The van der Waals surface area contributed by atoms with E-state index in [0.717, 1.165) is 13.1 Å². The third-order valence-corrected chi connectivity index (χ3v) is 4.78. The lowest BCUT2D eigenvalue weighted by Gasteiger charge is -2.07. The van der Waals surface area contributed by atoms with Crippen molar-refractivity contribution in [1.82, 2.24) is 15.2 Å². The first-order valence-electron chi connectivity index (χ1n) is 6.17. The SMILES string of the molecule is CN1CCC(c2csc(C3CCNC3)n2)C1. The number of likely N-dealkylation sites (tertiary alicyclic amines) is 1. The van der Waals surface area contributed by atoms with Gasteiger partial charge in [-0.3, -0.25) is 0 Å². The fourth-order valence-electron chi connectivity index (χ4n) is 2.72. The summed E-state index contributed by atoms with van der Waals surface area (Å²) in [6.07, 6.45) is 2.54. The first-order chi connectivity index (χ1) is 7.83. The molecule has 2 unspecified atom stereocenters. The van der Waals surface area contributed by atoms with Gasteiger partial charge >= 0.3 is 0 Å². The van der Waals surface area contributed by atoms with Crippen LogP contribution in [0.15, 0.2) is 5.38 Å². The summed E-state index contributed by atoms with van der Waals surface area (Å²) in [5.41, 5.74) is 1.34. The molecule has 0 saturated carbocycles. The summed E-state index contributed by atoms with van der Waals surface area (Å²) in [5.74, 6) is 1.36. The van der Waals surface area contributed by atoms with E-state index in [0.29, 0.717) is 11.8 Å². The largest absolute Gasteiger partial charge is 0.316 e. The van der Waals surface area contributed by atoms with Gasteiger partial charge in [0.2, 0.25) is 0 Å². The van der Waals surface area contributed by atoms with Crippen molar-refractivity contribution < 1.29 is 0 Å². The number of thiazole rings is 1. The summed E-state index contributed by atoms with van der Waals surface area (Å²) < 4.78 is 0. The fraction of sp³-hybridized carbons (Fsp3) is 0.750. The Bertz CT molecular complexity index is 357. The first-order valence-corrected chi connectivity index (χ1v) is 7.05. The highest BCUT2D eigenvalue weighted by Gasteiger charge is 2.25. The minimum Gasteiger partial charge on any atom is -0.316 e. The highest BCUT2D eigenvalue weighted by Crippen LogP contribution is 2.31. The minimum atomic E-state index is 0.679. The van der Waals surface area contributed by atoms with E-state index >= 15 is 0 Å². The monoisotopic (exact) mass is 237 g/mol. The van der Waals surface area contributed by atoms with Crippen LogP contribution in [0.2, 0.25) is 0 Å². The van der Waals surface area contributed by atoms with Crippen LogP contribution in [-0.4, -0.2) is 43.1 Å². The van der Waals surface area contributed by atoms with Crippen molar-refractivity contribution >= 4 is 11.3 Å². The number of hydrogen-bond acceptors (Lipinski definition) is 4. The number of rotatable bonds is 2. The quantitative estimate of drug-likeness (QED) is 0.847. The van der Waals surface area contributed by atoms with Crippen molar-refractivity contribution in [3.05, 3.63) is 16.1 Å². The molecule has 1 N–H and O–H groups in total. The standard InChI is InChI=1S/C12H19N3S/c1-15-5-3-10(7-15)11-8-16-12(14-11)9-2-4-13-6-9/h8-10,13H,2-7H2,1H3. The van der Waals surface area contributed by atoms with Crippen LogP contribution >= 0.6 is 11.3 Å². The van der Waals surface area contributed by atoms with Gasteiger partial charge in [-0.05, 0) is 33.0 Å². The third kappa shape index (κ3) is 2.01. The van der Waals surface area contributed by atoms with Gasteiger partial charge in [-0.15, -0.1) is 11.3 Å². The summed E-state index contributed by atoms with van der Waals surface area (Å²) in [6, 6.07) is 0. The summed E-state index contributed by atoms with van der Waals surface area (Å²) in [6.45, 7) is 4.69. The van der Waals surface area contributed by atoms with Crippen LogP contribution in [0, 0.1) is 0 Å². The molecule has 3 rings (SSSR count). The Kier molecular flexibility index (Phi) is 2.96. The second kappa shape index (κ2) is 4.43. The minimum absolute atomic E-state index is 0.679. The zero-order valence-electron chi connectivity index (χ0n) is 9.78. The van der Waals surface area contributed by atoms with Gasteiger partial charge in [0.05, 0.1) is 10.7 Å².